The molecule has 0 aliphatic carbocycles. The Morgan fingerprint density at radius 1 is 1.23 bits per heavy atom. The zero-order chi connectivity index (χ0) is 16.5. The summed E-state index contributed by atoms with van der Waals surface area (Å²) in [4.78, 5) is 23.4. The molecule has 1 rings (SSSR count). The van der Waals surface area contributed by atoms with Gasteiger partial charge in [0, 0.05) is 12.6 Å². The molecule has 9 heteroatoms. The van der Waals surface area contributed by atoms with Crippen LogP contribution in [0.25, 0.3) is 0 Å². The second-order valence-electron chi connectivity index (χ2n) is 4.90. The van der Waals surface area contributed by atoms with Crippen molar-refractivity contribution in [1.29, 1.82) is 0 Å². The fourth-order valence-corrected chi connectivity index (χ4v) is 4.36. The molecule has 2 N–H and O–H groups in total. The summed E-state index contributed by atoms with van der Waals surface area (Å²) >= 11 is 4.15. The molecule has 1 heterocycles. The Balaban J connectivity index is 2.40. The van der Waals surface area contributed by atoms with Gasteiger partial charge in [0.2, 0.25) is 11.8 Å². The van der Waals surface area contributed by atoms with Gasteiger partial charge in [0.15, 0.2) is 8.68 Å². The van der Waals surface area contributed by atoms with Crippen LogP contribution in [0.1, 0.15) is 34.1 Å². The van der Waals surface area contributed by atoms with Gasteiger partial charge < -0.3 is 10.6 Å². The van der Waals surface area contributed by atoms with Gasteiger partial charge in [-0.05, 0) is 27.2 Å². The van der Waals surface area contributed by atoms with Crippen LogP contribution in [0.5, 0.6) is 0 Å². The summed E-state index contributed by atoms with van der Waals surface area (Å²) in [6.45, 7) is 8.41. The Labute approximate surface area is 143 Å². The number of nitrogens with zero attached hydrogens (tertiary/aromatic N) is 2. The van der Waals surface area contributed by atoms with Gasteiger partial charge in [-0.25, -0.2) is 0 Å². The summed E-state index contributed by atoms with van der Waals surface area (Å²) in [7, 11) is 0. The van der Waals surface area contributed by atoms with E-state index in [1.54, 1.807) is 0 Å². The number of aromatic nitrogens is 2. The van der Waals surface area contributed by atoms with Crippen molar-refractivity contribution in [2.24, 2.45) is 0 Å². The molecule has 124 valence electrons. The van der Waals surface area contributed by atoms with Gasteiger partial charge in [0.1, 0.15) is 0 Å². The van der Waals surface area contributed by atoms with E-state index < -0.39 is 0 Å². The number of hydrogen-bond acceptors (Lipinski definition) is 7. The van der Waals surface area contributed by atoms with E-state index in [-0.39, 0.29) is 23.1 Å². The molecule has 0 radical (unpaired) electrons. The fourth-order valence-electron chi connectivity index (χ4n) is 1.35. The zero-order valence-corrected chi connectivity index (χ0v) is 15.7. The molecule has 6 nitrogen and oxygen atoms in total. The molecule has 0 saturated carbocycles. The number of nitrogens with one attached hydrogen (secondary N) is 2. The Bertz CT molecular complexity index is 493. The summed E-state index contributed by atoms with van der Waals surface area (Å²) in [6, 6.07) is 0.123. The summed E-state index contributed by atoms with van der Waals surface area (Å²) in [5.41, 5.74) is 0. The van der Waals surface area contributed by atoms with Crippen LogP contribution in [-0.4, -0.2) is 45.6 Å². The molecular formula is C13H22N4O2S3. The van der Waals surface area contributed by atoms with E-state index in [4.69, 9.17) is 0 Å². The van der Waals surface area contributed by atoms with Crippen molar-refractivity contribution in [2.45, 2.75) is 54.1 Å². The maximum Gasteiger partial charge on any atom is 0.233 e. The average molecular weight is 363 g/mol. The largest absolute Gasteiger partial charge is 0.355 e. The minimum absolute atomic E-state index is 0.000863. The van der Waals surface area contributed by atoms with E-state index in [1.165, 1.54) is 34.9 Å². The van der Waals surface area contributed by atoms with Crippen LogP contribution in [0.3, 0.4) is 0 Å². The second-order valence-corrected chi connectivity index (χ2v) is 8.68. The van der Waals surface area contributed by atoms with Crippen molar-refractivity contribution < 1.29 is 9.59 Å². The minimum atomic E-state index is -0.221. The lowest BCUT2D eigenvalue weighted by Gasteiger charge is -2.12. The van der Waals surface area contributed by atoms with Crippen molar-refractivity contribution in [3.8, 4) is 0 Å². The lowest BCUT2D eigenvalue weighted by molar-refractivity contribution is -0.121. The van der Waals surface area contributed by atoms with Crippen molar-refractivity contribution in [2.75, 3.05) is 12.3 Å². The van der Waals surface area contributed by atoms with Gasteiger partial charge in [-0.3, -0.25) is 9.59 Å². The number of rotatable bonds is 9. The van der Waals surface area contributed by atoms with Gasteiger partial charge in [-0.15, -0.1) is 10.2 Å². The summed E-state index contributed by atoms with van der Waals surface area (Å²) in [5, 5.41) is 13.6. The Morgan fingerprint density at radius 3 is 2.55 bits per heavy atom. The SMILES string of the molecule is CCCNC(=O)CSc1nnc(S[C@@H](C)C(=O)NC(C)C)s1. The summed E-state index contributed by atoms with van der Waals surface area (Å²) in [6.07, 6.45) is 0.923. The molecular weight excluding hydrogens is 340 g/mol. The number of carbonyl (C=O) groups is 2. The highest BCUT2D eigenvalue weighted by Crippen LogP contribution is 2.31. The number of amides is 2. The maximum atomic E-state index is 11.8. The molecule has 0 saturated heterocycles. The Kier molecular flexibility index (Phi) is 8.81. The highest BCUT2D eigenvalue weighted by molar-refractivity contribution is 8.04. The lowest BCUT2D eigenvalue weighted by atomic mass is 10.3. The van der Waals surface area contributed by atoms with Crippen molar-refractivity contribution in [1.82, 2.24) is 20.8 Å². The third kappa shape index (κ3) is 7.46. The fraction of sp³-hybridized carbons (Fsp3) is 0.692. The third-order valence-electron chi connectivity index (χ3n) is 2.36. The monoisotopic (exact) mass is 362 g/mol. The predicted octanol–water partition coefficient (Wildman–Crippen LogP) is 2.16. The molecule has 0 unspecified atom stereocenters. The second kappa shape index (κ2) is 10.1. The molecule has 0 fully saturated rings. The third-order valence-corrected chi connectivity index (χ3v) is 5.61. The van der Waals surface area contributed by atoms with Gasteiger partial charge >= 0.3 is 0 Å². The number of thioether (sulfide) groups is 2. The van der Waals surface area contributed by atoms with Crippen molar-refractivity contribution in [3.63, 3.8) is 0 Å². The summed E-state index contributed by atoms with van der Waals surface area (Å²) in [5.74, 6) is 0.326. The first kappa shape index (κ1) is 19.2. The van der Waals surface area contributed by atoms with Crippen molar-refractivity contribution in [3.05, 3.63) is 0 Å². The van der Waals surface area contributed by atoms with Crippen LogP contribution in [0, 0.1) is 0 Å². The molecule has 1 aromatic heterocycles. The van der Waals surface area contributed by atoms with E-state index in [9.17, 15) is 9.59 Å². The zero-order valence-electron chi connectivity index (χ0n) is 13.2. The van der Waals surface area contributed by atoms with Crippen LogP contribution in [-0.2, 0) is 9.59 Å². The van der Waals surface area contributed by atoms with Gasteiger partial charge in [0.25, 0.3) is 0 Å². The van der Waals surface area contributed by atoms with Crippen LogP contribution >= 0.6 is 34.9 Å². The maximum absolute atomic E-state index is 11.8. The minimum Gasteiger partial charge on any atom is -0.355 e. The predicted molar refractivity (Wildman–Crippen MR) is 92.5 cm³/mol. The number of hydrogen-bond donors (Lipinski definition) is 2. The average Bonchev–Trinajstić information content (AvgIpc) is 2.89. The first-order valence-corrected chi connectivity index (χ1v) is 9.80. The molecule has 2 amide bonds. The van der Waals surface area contributed by atoms with Crippen LogP contribution in [0.4, 0.5) is 0 Å². The molecule has 0 aromatic carbocycles. The molecule has 1 aromatic rings. The van der Waals surface area contributed by atoms with E-state index in [0.29, 0.717) is 12.3 Å². The topological polar surface area (TPSA) is 84.0 Å². The smallest absolute Gasteiger partial charge is 0.233 e. The van der Waals surface area contributed by atoms with E-state index in [1.807, 2.05) is 27.7 Å². The molecule has 22 heavy (non-hydrogen) atoms. The summed E-state index contributed by atoms with van der Waals surface area (Å²) < 4.78 is 1.48. The van der Waals surface area contributed by atoms with Crippen LogP contribution < -0.4 is 10.6 Å². The van der Waals surface area contributed by atoms with E-state index in [0.717, 1.165) is 15.1 Å². The van der Waals surface area contributed by atoms with Crippen LogP contribution in [0.2, 0.25) is 0 Å². The van der Waals surface area contributed by atoms with E-state index >= 15 is 0 Å². The molecule has 0 spiro atoms. The highest BCUT2D eigenvalue weighted by atomic mass is 32.2. The van der Waals surface area contributed by atoms with E-state index in [2.05, 4.69) is 20.8 Å². The van der Waals surface area contributed by atoms with Crippen LogP contribution in [0.15, 0.2) is 8.68 Å². The lowest BCUT2D eigenvalue weighted by Crippen LogP contribution is -2.35. The van der Waals surface area contributed by atoms with Gasteiger partial charge in [-0.1, -0.05) is 41.8 Å². The number of carbonyl (C=O) groups excluding carboxylic acids is 2. The molecule has 1 atom stereocenters. The molecule has 0 aliphatic rings. The normalized spacial score (nSPS) is 12.2. The quantitative estimate of drug-likeness (QED) is 0.655. The van der Waals surface area contributed by atoms with Gasteiger partial charge in [0.05, 0.1) is 11.0 Å². The highest BCUT2D eigenvalue weighted by Gasteiger charge is 2.18. The Morgan fingerprint density at radius 2 is 1.91 bits per heavy atom. The van der Waals surface area contributed by atoms with Crippen molar-refractivity contribution >= 4 is 46.7 Å². The first-order chi connectivity index (χ1) is 10.4. The Hall–Kier alpha value is -0.800. The standard InChI is InChI=1S/C13H22N4O2S3/c1-5-6-14-10(18)7-20-12-16-17-13(22-12)21-9(4)11(19)15-8(2)3/h8-9H,5-7H2,1-4H3,(H,14,18)(H,15,19)/t9-/m0/s1. The molecule has 0 bridgehead atoms. The first-order valence-electron chi connectivity index (χ1n) is 7.12. The van der Waals surface area contributed by atoms with Gasteiger partial charge in [-0.2, -0.15) is 0 Å². The molecule has 0 aliphatic heterocycles.